The third kappa shape index (κ3) is 5.90. The van der Waals surface area contributed by atoms with E-state index in [9.17, 15) is 8.78 Å². The summed E-state index contributed by atoms with van der Waals surface area (Å²) in [4.78, 5) is 0. The minimum Gasteiger partial charge on any atom is -0.487 e. The van der Waals surface area contributed by atoms with Crippen molar-refractivity contribution >= 4 is 11.6 Å². The van der Waals surface area contributed by atoms with Crippen LogP contribution in [-0.4, -0.2) is 21.6 Å². The molecule has 1 aromatic heterocycles. The predicted octanol–water partition coefficient (Wildman–Crippen LogP) is 5.59. The molecule has 32 heavy (non-hydrogen) atoms. The summed E-state index contributed by atoms with van der Waals surface area (Å²) in [6.07, 6.45) is 1.32. The topological polar surface area (TPSA) is 49.2 Å². The van der Waals surface area contributed by atoms with Gasteiger partial charge in [0, 0.05) is 5.02 Å². The van der Waals surface area contributed by atoms with Crippen LogP contribution >= 0.6 is 11.6 Å². The van der Waals surface area contributed by atoms with E-state index in [1.165, 1.54) is 24.3 Å². The number of rotatable bonds is 9. The molecule has 164 valence electrons. The molecule has 0 radical (unpaired) electrons. The van der Waals surface area contributed by atoms with Gasteiger partial charge in [-0.25, -0.2) is 13.5 Å². The zero-order valence-corrected chi connectivity index (χ0v) is 17.8. The molecule has 0 unspecified atom stereocenters. The van der Waals surface area contributed by atoms with E-state index in [2.05, 4.69) is 10.3 Å². The second-order valence-electron chi connectivity index (χ2n) is 7.07. The minimum absolute atomic E-state index is 0.274. The van der Waals surface area contributed by atoms with Gasteiger partial charge in [0.05, 0.1) is 19.3 Å². The number of benzene rings is 3. The summed E-state index contributed by atoms with van der Waals surface area (Å²) >= 11 is 5.87. The van der Waals surface area contributed by atoms with Crippen LogP contribution in [0.2, 0.25) is 5.02 Å². The molecule has 0 saturated heterocycles. The number of hydrogen-bond acceptors (Lipinski definition) is 4. The van der Waals surface area contributed by atoms with Gasteiger partial charge in [0.15, 0.2) is 0 Å². The Morgan fingerprint density at radius 3 is 2.03 bits per heavy atom. The van der Waals surface area contributed by atoms with Gasteiger partial charge in [-0.15, -0.1) is 5.10 Å². The maximum absolute atomic E-state index is 13.3. The number of nitrogens with zero attached hydrogens (tertiary/aromatic N) is 3. The van der Waals surface area contributed by atoms with Crippen molar-refractivity contribution in [3.8, 4) is 5.75 Å². The van der Waals surface area contributed by atoms with Crippen LogP contribution in [0.3, 0.4) is 0 Å². The van der Waals surface area contributed by atoms with Crippen LogP contribution in [0.25, 0.3) is 0 Å². The van der Waals surface area contributed by atoms with Crippen LogP contribution in [0.5, 0.6) is 5.75 Å². The first kappa shape index (κ1) is 21.9. The zero-order valence-electron chi connectivity index (χ0n) is 17.0. The zero-order chi connectivity index (χ0) is 22.3. The van der Waals surface area contributed by atoms with E-state index in [1.54, 1.807) is 59.4 Å². The molecule has 0 bridgehead atoms. The second-order valence-corrected chi connectivity index (χ2v) is 7.51. The van der Waals surface area contributed by atoms with Crippen molar-refractivity contribution in [2.45, 2.75) is 19.3 Å². The normalized spacial score (nSPS) is 11.1. The number of aromatic nitrogens is 3. The Morgan fingerprint density at radius 1 is 0.844 bits per heavy atom. The summed E-state index contributed by atoms with van der Waals surface area (Å²) < 4.78 is 40.1. The van der Waals surface area contributed by atoms with Crippen LogP contribution < -0.4 is 4.74 Å². The molecule has 1 heterocycles. The molecule has 3 aromatic carbocycles. The summed E-state index contributed by atoms with van der Waals surface area (Å²) in [5, 5.41) is 8.84. The standard InChI is InChI=1S/C24H20ClF2N3O2/c25-19-5-11-23(12-6-19)32-16-22-15-30(29-28-22)13-14-31-24(17-1-7-20(26)8-2-17)18-3-9-21(27)10-4-18/h1-12,15,24H,13-14,16H2. The molecule has 8 heteroatoms. The molecule has 0 fully saturated rings. The van der Waals surface area contributed by atoms with Crippen LogP contribution in [-0.2, 0) is 17.9 Å². The molecule has 0 N–H and O–H groups in total. The van der Waals surface area contributed by atoms with Gasteiger partial charge in [-0.05, 0) is 59.7 Å². The van der Waals surface area contributed by atoms with E-state index in [0.29, 0.717) is 29.6 Å². The van der Waals surface area contributed by atoms with Crippen molar-refractivity contribution in [3.05, 3.63) is 112 Å². The van der Waals surface area contributed by atoms with Gasteiger partial charge in [0.25, 0.3) is 0 Å². The Labute approximate surface area is 189 Å². The van der Waals surface area contributed by atoms with Crippen LogP contribution in [0.4, 0.5) is 8.78 Å². The first-order valence-corrected chi connectivity index (χ1v) is 10.3. The summed E-state index contributed by atoms with van der Waals surface area (Å²) in [6.45, 7) is 1.05. The predicted molar refractivity (Wildman–Crippen MR) is 116 cm³/mol. The summed E-state index contributed by atoms with van der Waals surface area (Å²) in [5.74, 6) is 0.0267. The highest BCUT2D eigenvalue weighted by Crippen LogP contribution is 2.26. The SMILES string of the molecule is Fc1ccc(C(OCCn2cc(COc3ccc(Cl)cc3)nn2)c2ccc(F)cc2)cc1. The van der Waals surface area contributed by atoms with Gasteiger partial charge in [0.2, 0.25) is 0 Å². The Kier molecular flexibility index (Phi) is 7.09. The molecule has 0 amide bonds. The molecule has 0 aliphatic rings. The largest absolute Gasteiger partial charge is 0.487 e. The highest BCUT2D eigenvalue weighted by molar-refractivity contribution is 6.30. The molecule has 4 aromatic rings. The lowest BCUT2D eigenvalue weighted by Gasteiger charge is -2.19. The molecule has 4 rings (SSSR count). The van der Waals surface area contributed by atoms with Gasteiger partial charge in [-0.3, -0.25) is 0 Å². The maximum Gasteiger partial charge on any atom is 0.134 e. The van der Waals surface area contributed by atoms with Gasteiger partial charge in [0.1, 0.15) is 35.8 Å². The fourth-order valence-corrected chi connectivity index (χ4v) is 3.25. The number of halogens is 3. The van der Waals surface area contributed by atoms with E-state index in [1.807, 2.05) is 0 Å². The Bertz CT molecular complexity index is 1090. The molecular weight excluding hydrogens is 436 g/mol. The van der Waals surface area contributed by atoms with E-state index in [4.69, 9.17) is 21.1 Å². The Balaban J connectivity index is 1.36. The first-order chi connectivity index (χ1) is 15.6. The van der Waals surface area contributed by atoms with Crippen molar-refractivity contribution in [2.75, 3.05) is 6.61 Å². The maximum atomic E-state index is 13.3. The Hall–Kier alpha value is -3.29. The quantitative estimate of drug-likeness (QED) is 0.330. The molecule has 0 spiro atoms. The first-order valence-electron chi connectivity index (χ1n) is 9.97. The van der Waals surface area contributed by atoms with Crippen molar-refractivity contribution in [3.63, 3.8) is 0 Å². The van der Waals surface area contributed by atoms with Crippen molar-refractivity contribution in [2.24, 2.45) is 0 Å². The number of ether oxygens (including phenoxy) is 2. The third-order valence-corrected chi connectivity index (χ3v) is 4.99. The summed E-state index contributed by atoms with van der Waals surface area (Å²) in [6, 6.07) is 19.2. The smallest absolute Gasteiger partial charge is 0.134 e. The minimum atomic E-state index is -0.465. The average Bonchev–Trinajstić information content (AvgIpc) is 3.26. The fourth-order valence-electron chi connectivity index (χ4n) is 3.13. The van der Waals surface area contributed by atoms with Gasteiger partial charge in [-0.1, -0.05) is 41.1 Å². The molecule has 0 aliphatic carbocycles. The van der Waals surface area contributed by atoms with Crippen LogP contribution in [0, 0.1) is 11.6 Å². The lowest BCUT2D eigenvalue weighted by Crippen LogP contribution is -2.12. The molecular formula is C24H20ClF2N3O2. The highest BCUT2D eigenvalue weighted by atomic mass is 35.5. The lowest BCUT2D eigenvalue weighted by molar-refractivity contribution is 0.0716. The second kappa shape index (κ2) is 10.3. The van der Waals surface area contributed by atoms with E-state index < -0.39 is 6.10 Å². The number of hydrogen-bond donors (Lipinski definition) is 0. The molecule has 0 aliphatic heterocycles. The third-order valence-electron chi connectivity index (χ3n) is 4.74. The fraction of sp³-hybridized carbons (Fsp3) is 0.167. The van der Waals surface area contributed by atoms with Crippen molar-refractivity contribution in [1.82, 2.24) is 15.0 Å². The van der Waals surface area contributed by atoms with E-state index in [0.717, 1.165) is 11.1 Å². The van der Waals surface area contributed by atoms with Gasteiger partial charge in [-0.2, -0.15) is 0 Å². The van der Waals surface area contributed by atoms with E-state index >= 15 is 0 Å². The molecule has 0 saturated carbocycles. The van der Waals surface area contributed by atoms with Gasteiger partial charge >= 0.3 is 0 Å². The monoisotopic (exact) mass is 455 g/mol. The molecule has 5 nitrogen and oxygen atoms in total. The van der Waals surface area contributed by atoms with Crippen LogP contribution in [0.15, 0.2) is 79.0 Å². The highest BCUT2D eigenvalue weighted by Gasteiger charge is 2.15. The van der Waals surface area contributed by atoms with Crippen molar-refractivity contribution < 1.29 is 18.3 Å². The van der Waals surface area contributed by atoms with Crippen molar-refractivity contribution in [1.29, 1.82) is 0 Å². The summed E-state index contributed by atoms with van der Waals surface area (Å²) in [5.41, 5.74) is 2.22. The average molecular weight is 456 g/mol. The lowest BCUT2D eigenvalue weighted by atomic mass is 10.0. The summed E-state index contributed by atoms with van der Waals surface area (Å²) in [7, 11) is 0. The van der Waals surface area contributed by atoms with Gasteiger partial charge < -0.3 is 9.47 Å². The van der Waals surface area contributed by atoms with Crippen LogP contribution in [0.1, 0.15) is 22.9 Å². The van der Waals surface area contributed by atoms with E-state index in [-0.39, 0.29) is 18.2 Å². The Morgan fingerprint density at radius 2 is 1.44 bits per heavy atom. The molecule has 0 atom stereocenters.